The van der Waals surface area contributed by atoms with Crippen molar-refractivity contribution < 1.29 is 9.90 Å². The molecule has 1 amide bonds. The van der Waals surface area contributed by atoms with E-state index >= 15 is 0 Å². The number of carbonyl (C=O) groups is 1. The number of carbonyl (C=O) groups excluding carboxylic acids is 1. The molecule has 0 aliphatic heterocycles. The molecule has 0 saturated heterocycles. The molecule has 1 aliphatic carbocycles. The molecule has 1 saturated carbocycles. The lowest BCUT2D eigenvalue weighted by Crippen LogP contribution is -2.41. The molecule has 0 spiro atoms. The number of rotatable bonds is 4. The van der Waals surface area contributed by atoms with Crippen LogP contribution < -0.4 is 5.32 Å². The molecule has 0 bridgehead atoms. The van der Waals surface area contributed by atoms with Crippen molar-refractivity contribution in [1.29, 1.82) is 0 Å². The van der Waals surface area contributed by atoms with Crippen molar-refractivity contribution in [2.45, 2.75) is 25.0 Å². The monoisotopic (exact) mass is 324 g/mol. The van der Waals surface area contributed by atoms with E-state index in [1.165, 1.54) is 4.52 Å². The molecule has 1 atom stereocenters. The van der Waals surface area contributed by atoms with Gasteiger partial charge >= 0.3 is 0 Å². The molecular weight excluding hydrogens is 308 g/mol. The van der Waals surface area contributed by atoms with E-state index in [2.05, 4.69) is 25.8 Å². The number of fused-ring (bicyclic) bond motifs is 1. The zero-order valence-electron chi connectivity index (χ0n) is 12.8. The average Bonchev–Trinajstić information content (AvgIpc) is 3.05. The number of amides is 1. The van der Waals surface area contributed by atoms with E-state index in [9.17, 15) is 9.90 Å². The first kappa shape index (κ1) is 14.7. The Bertz CT molecular complexity index is 859. The first-order valence-electron chi connectivity index (χ1n) is 7.78. The third-order valence-electron chi connectivity index (χ3n) is 4.37. The van der Waals surface area contributed by atoms with Crippen LogP contribution in [0.4, 0.5) is 0 Å². The van der Waals surface area contributed by atoms with Crippen LogP contribution in [0.15, 0.2) is 42.7 Å². The van der Waals surface area contributed by atoms with E-state index in [0.29, 0.717) is 24.1 Å². The maximum atomic E-state index is 12.6. The predicted molar refractivity (Wildman–Crippen MR) is 84.0 cm³/mol. The van der Waals surface area contributed by atoms with Crippen molar-refractivity contribution >= 4 is 11.6 Å². The van der Waals surface area contributed by atoms with E-state index in [1.54, 1.807) is 24.5 Å². The summed E-state index contributed by atoms with van der Waals surface area (Å²) in [4.78, 5) is 17.0. The second kappa shape index (κ2) is 5.97. The highest BCUT2D eigenvalue weighted by molar-refractivity contribution is 5.94. The highest BCUT2D eigenvalue weighted by Crippen LogP contribution is 2.37. The van der Waals surface area contributed by atoms with E-state index < -0.39 is 0 Å². The molecule has 0 radical (unpaired) electrons. The molecule has 3 aromatic heterocycles. The standard InChI is InChI=1S/C16H16N6O2/c23-12-7-11(8-12)15(13-3-1-2-6-17-13)18-16(24)10-4-5-14-19-20-21-22(14)9-10/h1-6,9,11-12,15,23H,7-8H2,(H,18,24)/t11?,12?,15-/m1/s1. The van der Waals surface area contributed by atoms with Gasteiger partial charge in [0, 0.05) is 12.4 Å². The van der Waals surface area contributed by atoms with Crippen LogP contribution in [-0.4, -0.2) is 42.1 Å². The Morgan fingerprint density at radius 2 is 2.17 bits per heavy atom. The van der Waals surface area contributed by atoms with Gasteiger partial charge in [-0.25, -0.2) is 0 Å². The molecule has 1 fully saturated rings. The third-order valence-corrected chi connectivity index (χ3v) is 4.37. The summed E-state index contributed by atoms with van der Waals surface area (Å²) in [6, 6.07) is 8.77. The van der Waals surface area contributed by atoms with Crippen LogP contribution in [0.3, 0.4) is 0 Å². The fraction of sp³-hybridized carbons (Fsp3) is 0.312. The molecule has 122 valence electrons. The summed E-state index contributed by atoms with van der Waals surface area (Å²) in [5, 5.41) is 23.8. The Hall–Kier alpha value is -2.87. The maximum absolute atomic E-state index is 12.6. The molecule has 3 heterocycles. The predicted octanol–water partition coefficient (Wildman–Crippen LogP) is 0.761. The number of nitrogens with one attached hydrogen (secondary N) is 1. The van der Waals surface area contributed by atoms with Gasteiger partial charge in [-0.15, -0.1) is 5.10 Å². The van der Waals surface area contributed by atoms with Gasteiger partial charge in [0.2, 0.25) is 0 Å². The largest absolute Gasteiger partial charge is 0.393 e. The lowest BCUT2D eigenvalue weighted by Gasteiger charge is -2.37. The minimum atomic E-state index is -0.296. The van der Waals surface area contributed by atoms with E-state index in [1.807, 2.05) is 18.2 Å². The summed E-state index contributed by atoms with van der Waals surface area (Å²) in [6.45, 7) is 0. The number of aliphatic hydroxyl groups is 1. The summed E-state index contributed by atoms with van der Waals surface area (Å²) in [6.07, 6.45) is 4.32. The van der Waals surface area contributed by atoms with Gasteiger partial charge in [0.25, 0.3) is 5.91 Å². The van der Waals surface area contributed by atoms with Crippen molar-refractivity contribution in [3.8, 4) is 0 Å². The maximum Gasteiger partial charge on any atom is 0.253 e. The summed E-state index contributed by atoms with van der Waals surface area (Å²) in [7, 11) is 0. The number of nitrogens with zero attached hydrogens (tertiary/aromatic N) is 5. The molecule has 1 aliphatic rings. The van der Waals surface area contributed by atoms with Crippen molar-refractivity contribution in [2.24, 2.45) is 5.92 Å². The molecule has 8 nitrogen and oxygen atoms in total. The number of hydrogen-bond donors (Lipinski definition) is 2. The summed E-state index contributed by atoms with van der Waals surface area (Å²) in [5.74, 6) is -0.0416. The third kappa shape index (κ3) is 2.71. The molecule has 0 aromatic carbocycles. The highest BCUT2D eigenvalue weighted by atomic mass is 16.3. The fourth-order valence-electron chi connectivity index (χ4n) is 3.00. The zero-order chi connectivity index (χ0) is 16.5. The zero-order valence-corrected chi connectivity index (χ0v) is 12.8. The molecule has 4 rings (SSSR count). The average molecular weight is 324 g/mol. The Morgan fingerprint density at radius 3 is 2.92 bits per heavy atom. The Labute approximate surface area is 137 Å². The van der Waals surface area contributed by atoms with Gasteiger partial charge in [-0.2, -0.15) is 4.52 Å². The quantitative estimate of drug-likeness (QED) is 0.734. The Balaban J connectivity index is 1.58. The minimum absolute atomic E-state index is 0.176. The molecule has 24 heavy (non-hydrogen) atoms. The summed E-state index contributed by atoms with van der Waals surface area (Å²) >= 11 is 0. The lowest BCUT2D eigenvalue weighted by molar-refractivity contribution is 0.0228. The SMILES string of the molecule is O=C(N[C@@H](c1ccccn1)C1CC(O)C1)c1ccc2nnnn2c1. The molecule has 2 N–H and O–H groups in total. The molecule has 0 unspecified atom stereocenters. The van der Waals surface area contributed by atoms with Crippen LogP contribution in [0.5, 0.6) is 0 Å². The van der Waals surface area contributed by atoms with Gasteiger partial charge in [-0.3, -0.25) is 9.78 Å². The highest BCUT2D eigenvalue weighted by Gasteiger charge is 2.36. The Morgan fingerprint density at radius 1 is 1.29 bits per heavy atom. The van der Waals surface area contributed by atoms with Crippen molar-refractivity contribution in [3.05, 3.63) is 54.0 Å². The van der Waals surface area contributed by atoms with E-state index in [-0.39, 0.29) is 24.0 Å². The van der Waals surface area contributed by atoms with Crippen LogP contribution in [0, 0.1) is 5.92 Å². The van der Waals surface area contributed by atoms with Gasteiger partial charge in [0.15, 0.2) is 5.65 Å². The summed E-state index contributed by atoms with van der Waals surface area (Å²) in [5.41, 5.74) is 1.84. The van der Waals surface area contributed by atoms with Crippen molar-refractivity contribution in [2.75, 3.05) is 0 Å². The van der Waals surface area contributed by atoms with Crippen molar-refractivity contribution in [3.63, 3.8) is 0 Å². The number of aliphatic hydroxyl groups excluding tert-OH is 1. The number of tetrazole rings is 1. The second-order valence-electron chi connectivity index (χ2n) is 5.99. The molecule has 3 aromatic rings. The van der Waals surface area contributed by atoms with E-state index in [0.717, 1.165) is 5.69 Å². The van der Waals surface area contributed by atoms with Crippen LogP contribution in [0.1, 0.15) is 34.9 Å². The van der Waals surface area contributed by atoms with Gasteiger partial charge in [-0.05, 0) is 53.5 Å². The number of pyridine rings is 2. The normalized spacial score (nSPS) is 21.2. The van der Waals surface area contributed by atoms with E-state index in [4.69, 9.17) is 0 Å². The van der Waals surface area contributed by atoms with Gasteiger partial charge in [-0.1, -0.05) is 6.07 Å². The molecular formula is C16H16N6O2. The first-order chi connectivity index (χ1) is 11.7. The van der Waals surface area contributed by atoms with Gasteiger partial charge in [0.1, 0.15) is 0 Å². The molecule has 8 heteroatoms. The second-order valence-corrected chi connectivity index (χ2v) is 5.99. The topological polar surface area (TPSA) is 105 Å². The van der Waals surface area contributed by atoms with Crippen molar-refractivity contribution in [1.82, 2.24) is 30.3 Å². The minimum Gasteiger partial charge on any atom is -0.393 e. The fourth-order valence-corrected chi connectivity index (χ4v) is 3.00. The number of aromatic nitrogens is 5. The summed E-state index contributed by atoms with van der Waals surface area (Å²) < 4.78 is 1.46. The Kier molecular flexibility index (Phi) is 3.66. The first-order valence-corrected chi connectivity index (χ1v) is 7.78. The van der Waals surface area contributed by atoms with Crippen LogP contribution in [-0.2, 0) is 0 Å². The van der Waals surface area contributed by atoms with Gasteiger partial charge < -0.3 is 10.4 Å². The number of hydrogen-bond acceptors (Lipinski definition) is 6. The van der Waals surface area contributed by atoms with Crippen LogP contribution in [0.25, 0.3) is 5.65 Å². The smallest absolute Gasteiger partial charge is 0.253 e. The lowest BCUT2D eigenvalue weighted by atomic mass is 9.76. The van der Waals surface area contributed by atoms with Crippen LogP contribution in [0.2, 0.25) is 0 Å². The van der Waals surface area contributed by atoms with Gasteiger partial charge in [0.05, 0.1) is 23.4 Å². The van der Waals surface area contributed by atoms with Crippen LogP contribution >= 0.6 is 0 Å².